The van der Waals surface area contributed by atoms with E-state index in [1.54, 1.807) is 36.9 Å². The number of aromatic nitrogens is 2. The summed E-state index contributed by atoms with van der Waals surface area (Å²) < 4.78 is 6.93. The zero-order valence-electron chi connectivity index (χ0n) is 20.3. The highest BCUT2D eigenvalue weighted by molar-refractivity contribution is 5.93. The van der Waals surface area contributed by atoms with Gasteiger partial charge in [-0.3, -0.25) is 19.1 Å². The van der Waals surface area contributed by atoms with Crippen molar-refractivity contribution in [3.8, 4) is 5.88 Å². The van der Waals surface area contributed by atoms with Gasteiger partial charge >= 0.3 is 0 Å². The monoisotopic (exact) mass is 462 g/mol. The van der Waals surface area contributed by atoms with E-state index in [4.69, 9.17) is 4.74 Å². The van der Waals surface area contributed by atoms with Gasteiger partial charge < -0.3 is 25.2 Å². The Morgan fingerprint density at radius 3 is 2.36 bits per heavy atom. The molecule has 1 aliphatic carbocycles. The van der Waals surface area contributed by atoms with Crippen LogP contribution in [-0.4, -0.2) is 89.2 Å². The van der Waals surface area contributed by atoms with E-state index in [2.05, 4.69) is 15.7 Å². The number of ether oxygens (including phenoxy) is 1. The number of hydrogen-bond donors (Lipinski definition) is 2. The van der Waals surface area contributed by atoms with Gasteiger partial charge in [-0.1, -0.05) is 19.3 Å². The third-order valence-electron chi connectivity index (χ3n) is 6.76. The first-order valence-corrected chi connectivity index (χ1v) is 12.1. The average Bonchev–Trinajstić information content (AvgIpc) is 3.21. The summed E-state index contributed by atoms with van der Waals surface area (Å²) in [5.74, 6) is 0.272. The molecule has 1 saturated carbocycles. The van der Waals surface area contributed by atoms with Crippen LogP contribution in [0.2, 0.25) is 0 Å². The predicted octanol–water partition coefficient (Wildman–Crippen LogP) is 0.776. The minimum absolute atomic E-state index is 0.0372. The van der Waals surface area contributed by atoms with Gasteiger partial charge in [0.25, 0.3) is 5.91 Å². The molecule has 33 heavy (non-hydrogen) atoms. The van der Waals surface area contributed by atoms with E-state index in [9.17, 15) is 14.4 Å². The van der Waals surface area contributed by atoms with Gasteiger partial charge in [-0.15, -0.1) is 5.10 Å². The summed E-state index contributed by atoms with van der Waals surface area (Å²) in [5.41, 5.74) is 0.464. The minimum Gasteiger partial charge on any atom is -0.477 e. The van der Waals surface area contributed by atoms with Gasteiger partial charge in [-0.05, 0) is 39.7 Å². The van der Waals surface area contributed by atoms with E-state index in [0.29, 0.717) is 44.4 Å². The van der Waals surface area contributed by atoms with Gasteiger partial charge in [-0.2, -0.15) is 0 Å². The highest BCUT2D eigenvalue weighted by Gasteiger charge is 2.36. The molecule has 1 saturated heterocycles. The fourth-order valence-electron chi connectivity index (χ4n) is 4.61. The van der Waals surface area contributed by atoms with Crippen LogP contribution in [0.25, 0.3) is 0 Å². The van der Waals surface area contributed by atoms with Gasteiger partial charge in [0.1, 0.15) is 11.7 Å². The second kappa shape index (κ2) is 11.5. The van der Waals surface area contributed by atoms with Crippen LogP contribution in [-0.2, 0) is 16.6 Å². The number of nitrogens with one attached hydrogen (secondary N) is 2. The highest BCUT2D eigenvalue weighted by Crippen LogP contribution is 2.28. The molecule has 2 atom stereocenters. The average molecular weight is 463 g/mol. The summed E-state index contributed by atoms with van der Waals surface area (Å²) in [6.45, 7) is 5.92. The summed E-state index contributed by atoms with van der Waals surface area (Å²) in [6, 6.07) is 0.779. The molecule has 184 valence electrons. The van der Waals surface area contributed by atoms with Gasteiger partial charge in [0.2, 0.25) is 17.7 Å². The molecular formula is C23H38N6O4. The summed E-state index contributed by atoms with van der Waals surface area (Å²) in [4.78, 5) is 42.6. The summed E-state index contributed by atoms with van der Waals surface area (Å²) in [7, 11) is 3.45. The van der Waals surface area contributed by atoms with Crippen molar-refractivity contribution in [1.82, 2.24) is 30.2 Å². The van der Waals surface area contributed by atoms with E-state index in [1.165, 1.54) is 11.1 Å². The van der Waals surface area contributed by atoms with Crippen molar-refractivity contribution in [2.75, 3.05) is 39.8 Å². The first-order chi connectivity index (χ1) is 15.8. The predicted molar refractivity (Wildman–Crippen MR) is 124 cm³/mol. The molecule has 3 amide bonds. The number of rotatable bonds is 8. The van der Waals surface area contributed by atoms with E-state index in [1.807, 2.05) is 6.92 Å². The summed E-state index contributed by atoms with van der Waals surface area (Å²) in [5, 5.41) is 10.2. The van der Waals surface area contributed by atoms with E-state index in [0.717, 1.165) is 25.7 Å². The Balaban J connectivity index is 1.63. The van der Waals surface area contributed by atoms with Crippen LogP contribution < -0.4 is 15.4 Å². The lowest BCUT2D eigenvalue weighted by Gasteiger charge is -2.39. The molecule has 0 bridgehead atoms. The maximum atomic E-state index is 13.5. The molecule has 2 N–H and O–H groups in total. The van der Waals surface area contributed by atoms with Crippen LogP contribution in [0.5, 0.6) is 5.88 Å². The lowest BCUT2D eigenvalue weighted by Crippen LogP contribution is -2.59. The smallest absolute Gasteiger partial charge is 0.272 e. The second-order valence-electron chi connectivity index (χ2n) is 8.94. The van der Waals surface area contributed by atoms with Gasteiger partial charge in [0.05, 0.1) is 12.6 Å². The van der Waals surface area contributed by atoms with Gasteiger partial charge in [0.15, 0.2) is 0 Å². The fraction of sp³-hybridized carbons (Fsp3) is 0.739. The Kier molecular flexibility index (Phi) is 8.71. The maximum Gasteiger partial charge on any atom is 0.272 e. The van der Waals surface area contributed by atoms with Crippen LogP contribution in [0.4, 0.5) is 0 Å². The summed E-state index contributed by atoms with van der Waals surface area (Å²) >= 11 is 0. The highest BCUT2D eigenvalue weighted by atomic mass is 16.5. The van der Waals surface area contributed by atoms with Crippen LogP contribution in [0, 0.1) is 5.92 Å². The van der Waals surface area contributed by atoms with Gasteiger partial charge in [-0.25, -0.2) is 0 Å². The van der Waals surface area contributed by atoms with Crippen molar-refractivity contribution in [2.45, 2.75) is 58.0 Å². The molecule has 1 aromatic heterocycles. The fourth-order valence-corrected chi connectivity index (χ4v) is 4.61. The Morgan fingerprint density at radius 2 is 1.76 bits per heavy atom. The molecule has 1 aliphatic heterocycles. The standard InChI is InChI=1S/C23H38N6O4/c1-5-33-19-15-18(27(4)26-19)22(31)28-11-13-29(14-12-28)23(32)20(17-9-7-6-8-10-17)25-21(30)16(2)24-3/h15-17,20,24H,5-14H2,1-4H3,(H,25,30)/t16-,20-/m0/s1. The minimum atomic E-state index is -0.512. The largest absolute Gasteiger partial charge is 0.477 e. The molecule has 3 rings (SSSR count). The number of piperazine rings is 1. The van der Waals surface area contributed by atoms with E-state index in [-0.39, 0.29) is 29.7 Å². The Hall–Kier alpha value is -2.62. The van der Waals surface area contributed by atoms with E-state index < -0.39 is 6.04 Å². The number of likely N-dealkylation sites (N-methyl/N-ethyl adjacent to an activating group) is 1. The molecule has 2 heterocycles. The maximum absolute atomic E-state index is 13.5. The molecule has 0 aromatic carbocycles. The normalized spacial score (nSPS) is 19.2. The lowest BCUT2D eigenvalue weighted by atomic mass is 9.83. The van der Waals surface area contributed by atoms with Crippen molar-refractivity contribution in [3.63, 3.8) is 0 Å². The number of amides is 3. The van der Waals surface area contributed by atoms with Gasteiger partial charge in [0, 0.05) is 39.3 Å². The summed E-state index contributed by atoms with van der Waals surface area (Å²) in [6.07, 6.45) is 5.25. The number of aryl methyl sites for hydroxylation is 1. The number of hydrogen-bond acceptors (Lipinski definition) is 6. The molecule has 0 spiro atoms. The number of nitrogens with zero attached hydrogens (tertiary/aromatic N) is 4. The van der Waals surface area contributed by atoms with Crippen LogP contribution in [0.15, 0.2) is 6.07 Å². The van der Waals surface area contributed by atoms with Crippen molar-refractivity contribution in [3.05, 3.63) is 11.8 Å². The molecular weight excluding hydrogens is 424 g/mol. The molecule has 2 aliphatic rings. The molecule has 10 heteroatoms. The van der Waals surface area contributed by atoms with Crippen molar-refractivity contribution >= 4 is 17.7 Å². The Labute approximate surface area is 196 Å². The second-order valence-corrected chi connectivity index (χ2v) is 8.94. The zero-order chi connectivity index (χ0) is 24.0. The first kappa shape index (κ1) is 25.0. The number of carbonyl (C=O) groups is 3. The number of carbonyl (C=O) groups excluding carboxylic acids is 3. The Bertz CT molecular complexity index is 827. The third-order valence-corrected chi connectivity index (χ3v) is 6.76. The lowest BCUT2D eigenvalue weighted by molar-refractivity contribution is -0.140. The van der Waals surface area contributed by atoms with Crippen molar-refractivity contribution in [2.24, 2.45) is 13.0 Å². The van der Waals surface area contributed by atoms with E-state index >= 15 is 0 Å². The Morgan fingerprint density at radius 1 is 1.12 bits per heavy atom. The van der Waals surface area contributed by atoms with Crippen molar-refractivity contribution < 1.29 is 19.1 Å². The molecule has 1 aromatic rings. The molecule has 0 unspecified atom stereocenters. The molecule has 0 radical (unpaired) electrons. The van der Waals surface area contributed by atoms with Crippen LogP contribution in [0.3, 0.4) is 0 Å². The SMILES string of the molecule is CCOc1cc(C(=O)N2CCN(C(=O)[C@@H](NC(=O)[C@H](C)NC)C3CCCCC3)CC2)n(C)n1. The zero-order valence-corrected chi connectivity index (χ0v) is 20.3. The molecule has 10 nitrogen and oxygen atoms in total. The van der Waals surface area contributed by atoms with Crippen LogP contribution >= 0.6 is 0 Å². The quantitative estimate of drug-likeness (QED) is 0.591. The van der Waals surface area contributed by atoms with Crippen molar-refractivity contribution in [1.29, 1.82) is 0 Å². The third kappa shape index (κ3) is 6.04. The molecule has 2 fully saturated rings. The first-order valence-electron chi connectivity index (χ1n) is 12.1. The van der Waals surface area contributed by atoms with Crippen LogP contribution in [0.1, 0.15) is 56.4 Å². The topological polar surface area (TPSA) is 109 Å².